The number of sulfonamides is 1. The van der Waals surface area contributed by atoms with Crippen molar-refractivity contribution in [2.75, 3.05) is 23.3 Å². The first-order chi connectivity index (χ1) is 14.5. The van der Waals surface area contributed by atoms with Crippen LogP contribution in [0.3, 0.4) is 0 Å². The van der Waals surface area contributed by atoms with Crippen LogP contribution >= 0.6 is 0 Å². The lowest BCUT2D eigenvalue weighted by atomic mass is 10.0. The molecule has 3 aromatic rings. The van der Waals surface area contributed by atoms with Gasteiger partial charge in [-0.25, -0.2) is 8.42 Å². The first-order valence-electron chi connectivity index (χ1n) is 9.65. The summed E-state index contributed by atoms with van der Waals surface area (Å²) in [6, 6.07) is 20.6. The van der Waals surface area contributed by atoms with E-state index in [0.717, 1.165) is 24.1 Å². The minimum atomic E-state index is -3.68. The highest BCUT2D eigenvalue weighted by Crippen LogP contribution is 2.32. The fraction of sp³-hybridized carbons (Fsp3) is 0.174. The predicted molar refractivity (Wildman–Crippen MR) is 117 cm³/mol. The number of nitrogens with one attached hydrogen (secondary N) is 1. The lowest BCUT2D eigenvalue weighted by molar-refractivity contribution is 0.102. The highest BCUT2D eigenvalue weighted by molar-refractivity contribution is 7.92. The average molecular weight is 423 g/mol. The minimum absolute atomic E-state index is 0.193. The summed E-state index contributed by atoms with van der Waals surface area (Å²) in [6.07, 6.45) is 1.66. The first-order valence-corrected chi connectivity index (χ1v) is 11.1. The number of carbonyl (C=O) groups excluding carboxylic acids is 1. The Morgan fingerprint density at radius 2 is 1.77 bits per heavy atom. The molecule has 1 N–H and O–H groups in total. The van der Waals surface area contributed by atoms with Gasteiger partial charge in [-0.15, -0.1) is 0 Å². The van der Waals surface area contributed by atoms with E-state index in [1.807, 2.05) is 24.3 Å². The number of benzene rings is 3. The zero-order valence-corrected chi connectivity index (χ0v) is 17.4. The summed E-state index contributed by atoms with van der Waals surface area (Å²) in [5.41, 5.74) is 2.74. The van der Waals surface area contributed by atoms with Crippen molar-refractivity contribution in [1.82, 2.24) is 0 Å². The SMILES string of the molecule is COc1cccc(C(=O)Nc2ccc(S(=O)(=O)N3CCCc4ccccc43)cc2)c1. The summed E-state index contributed by atoms with van der Waals surface area (Å²) >= 11 is 0. The number of fused-ring (bicyclic) bond motifs is 1. The third kappa shape index (κ3) is 3.89. The molecule has 3 aromatic carbocycles. The standard InChI is InChI=1S/C23H22N2O4S/c1-29-20-9-4-7-18(16-20)23(26)24-19-11-13-21(14-12-19)30(27,28)25-15-5-8-17-6-2-3-10-22(17)25/h2-4,6-7,9-14,16H,5,8,15H2,1H3,(H,24,26). The van der Waals surface area contributed by atoms with Crippen molar-refractivity contribution in [2.45, 2.75) is 17.7 Å². The predicted octanol–water partition coefficient (Wildman–Crippen LogP) is 4.09. The van der Waals surface area contributed by atoms with E-state index in [4.69, 9.17) is 4.74 Å². The van der Waals surface area contributed by atoms with Crippen LogP contribution < -0.4 is 14.4 Å². The van der Waals surface area contributed by atoms with Crippen molar-refractivity contribution in [3.05, 3.63) is 83.9 Å². The van der Waals surface area contributed by atoms with E-state index in [1.165, 1.54) is 23.5 Å². The van der Waals surface area contributed by atoms with Gasteiger partial charge in [-0.2, -0.15) is 0 Å². The molecule has 0 unspecified atom stereocenters. The highest BCUT2D eigenvalue weighted by atomic mass is 32.2. The fourth-order valence-electron chi connectivity index (χ4n) is 3.55. The van der Waals surface area contributed by atoms with Gasteiger partial charge in [-0.1, -0.05) is 24.3 Å². The molecule has 154 valence electrons. The number of aryl methyl sites for hydroxylation is 1. The Bertz CT molecular complexity index is 1170. The average Bonchev–Trinajstić information content (AvgIpc) is 2.79. The summed E-state index contributed by atoms with van der Waals surface area (Å²) in [7, 11) is -2.14. The van der Waals surface area contributed by atoms with E-state index in [1.54, 1.807) is 36.4 Å². The van der Waals surface area contributed by atoms with Crippen LogP contribution in [0.2, 0.25) is 0 Å². The third-order valence-corrected chi connectivity index (χ3v) is 6.93. The normalized spacial score (nSPS) is 13.4. The Hall–Kier alpha value is -3.32. The summed E-state index contributed by atoms with van der Waals surface area (Å²) in [6.45, 7) is 0.452. The summed E-state index contributed by atoms with van der Waals surface area (Å²) < 4.78 is 33.0. The Balaban J connectivity index is 1.54. The molecule has 0 atom stereocenters. The van der Waals surface area contributed by atoms with Crippen molar-refractivity contribution in [3.63, 3.8) is 0 Å². The second-order valence-electron chi connectivity index (χ2n) is 7.02. The van der Waals surface area contributed by atoms with Crippen LogP contribution in [0.15, 0.2) is 77.7 Å². The number of hydrogen-bond acceptors (Lipinski definition) is 4. The number of ether oxygens (including phenoxy) is 1. The number of carbonyl (C=O) groups is 1. The van der Waals surface area contributed by atoms with Gasteiger partial charge in [0.2, 0.25) is 0 Å². The third-order valence-electron chi connectivity index (χ3n) is 5.10. The number of para-hydroxylation sites is 1. The number of rotatable bonds is 5. The molecule has 6 nitrogen and oxygen atoms in total. The Labute approximate surface area is 176 Å². The van der Waals surface area contributed by atoms with Gasteiger partial charge in [0.15, 0.2) is 0 Å². The van der Waals surface area contributed by atoms with Gasteiger partial charge in [0.25, 0.3) is 15.9 Å². The van der Waals surface area contributed by atoms with Gasteiger partial charge >= 0.3 is 0 Å². The zero-order chi connectivity index (χ0) is 21.1. The number of methoxy groups -OCH3 is 1. The molecule has 0 aromatic heterocycles. The van der Waals surface area contributed by atoms with Gasteiger partial charge in [0, 0.05) is 17.8 Å². The summed E-state index contributed by atoms with van der Waals surface area (Å²) in [5.74, 6) is 0.292. The molecule has 1 amide bonds. The van der Waals surface area contributed by atoms with Gasteiger partial charge < -0.3 is 10.1 Å². The summed E-state index contributed by atoms with van der Waals surface area (Å²) in [4.78, 5) is 12.6. The molecule has 0 spiro atoms. The van der Waals surface area contributed by atoms with Crippen LogP contribution in [0.4, 0.5) is 11.4 Å². The second-order valence-corrected chi connectivity index (χ2v) is 8.88. The quantitative estimate of drug-likeness (QED) is 0.672. The van der Waals surface area contributed by atoms with E-state index in [0.29, 0.717) is 23.5 Å². The maximum atomic E-state index is 13.2. The molecule has 30 heavy (non-hydrogen) atoms. The lowest BCUT2D eigenvalue weighted by Gasteiger charge is -2.30. The maximum Gasteiger partial charge on any atom is 0.264 e. The van der Waals surface area contributed by atoms with Crippen LogP contribution in [-0.2, 0) is 16.4 Å². The van der Waals surface area contributed by atoms with Gasteiger partial charge in [0.05, 0.1) is 17.7 Å². The molecule has 1 heterocycles. The van der Waals surface area contributed by atoms with Crippen molar-refractivity contribution in [3.8, 4) is 5.75 Å². The molecule has 1 aliphatic heterocycles. The van der Waals surface area contributed by atoms with E-state index in [-0.39, 0.29) is 10.8 Å². The largest absolute Gasteiger partial charge is 0.497 e. The molecular formula is C23H22N2O4S. The van der Waals surface area contributed by atoms with Crippen LogP contribution in [0.5, 0.6) is 5.75 Å². The number of hydrogen-bond donors (Lipinski definition) is 1. The van der Waals surface area contributed by atoms with E-state index in [9.17, 15) is 13.2 Å². The van der Waals surface area contributed by atoms with Crippen LogP contribution in [0.1, 0.15) is 22.3 Å². The van der Waals surface area contributed by atoms with Crippen LogP contribution in [0.25, 0.3) is 0 Å². The summed E-state index contributed by atoms with van der Waals surface area (Å²) in [5, 5.41) is 2.78. The van der Waals surface area contributed by atoms with Crippen molar-refractivity contribution < 1.29 is 17.9 Å². The number of anilines is 2. The number of amides is 1. The van der Waals surface area contributed by atoms with Crippen molar-refractivity contribution in [2.24, 2.45) is 0 Å². The minimum Gasteiger partial charge on any atom is -0.497 e. The molecule has 0 saturated heterocycles. The smallest absolute Gasteiger partial charge is 0.264 e. The van der Waals surface area contributed by atoms with E-state index in [2.05, 4.69) is 5.32 Å². The molecule has 0 saturated carbocycles. The second kappa shape index (κ2) is 8.20. The van der Waals surface area contributed by atoms with Crippen molar-refractivity contribution in [1.29, 1.82) is 0 Å². The fourth-order valence-corrected chi connectivity index (χ4v) is 5.09. The molecule has 1 aliphatic rings. The zero-order valence-electron chi connectivity index (χ0n) is 16.5. The Kier molecular flexibility index (Phi) is 5.46. The lowest BCUT2D eigenvalue weighted by Crippen LogP contribution is -2.35. The van der Waals surface area contributed by atoms with Gasteiger partial charge in [-0.3, -0.25) is 9.10 Å². The first kappa shape index (κ1) is 20.0. The van der Waals surface area contributed by atoms with Crippen LogP contribution in [0, 0.1) is 0 Å². The molecular weight excluding hydrogens is 400 g/mol. The molecule has 0 bridgehead atoms. The Morgan fingerprint density at radius 3 is 2.53 bits per heavy atom. The highest BCUT2D eigenvalue weighted by Gasteiger charge is 2.28. The maximum absolute atomic E-state index is 13.2. The Morgan fingerprint density at radius 1 is 1.00 bits per heavy atom. The number of nitrogens with zero attached hydrogens (tertiary/aromatic N) is 1. The van der Waals surface area contributed by atoms with Crippen LogP contribution in [-0.4, -0.2) is 28.0 Å². The molecule has 4 rings (SSSR count). The van der Waals surface area contributed by atoms with Gasteiger partial charge in [0.1, 0.15) is 5.75 Å². The molecule has 7 heteroatoms. The molecule has 0 fully saturated rings. The van der Waals surface area contributed by atoms with E-state index < -0.39 is 10.0 Å². The molecule has 0 radical (unpaired) electrons. The van der Waals surface area contributed by atoms with Crippen molar-refractivity contribution >= 4 is 27.3 Å². The topological polar surface area (TPSA) is 75.7 Å². The van der Waals surface area contributed by atoms with E-state index >= 15 is 0 Å². The molecule has 0 aliphatic carbocycles. The van der Waals surface area contributed by atoms with Gasteiger partial charge in [-0.05, 0) is 66.9 Å². The monoisotopic (exact) mass is 422 g/mol.